The molecular formula is C27H39NO5Si. The van der Waals surface area contributed by atoms with Crippen LogP contribution in [0.1, 0.15) is 78.0 Å². The first kappa shape index (κ1) is 25.0. The minimum atomic E-state index is -2.14. The summed E-state index contributed by atoms with van der Waals surface area (Å²) in [6, 6.07) is 3.87. The van der Waals surface area contributed by atoms with Crippen molar-refractivity contribution in [2.24, 2.45) is 11.8 Å². The van der Waals surface area contributed by atoms with E-state index in [4.69, 9.17) is 9.16 Å². The second-order valence-corrected chi connectivity index (χ2v) is 16.6. The molecule has 0 saturated heterocycles. The van der Waals surface area contributed by atoms with Crippen molar-refractivity contribution in [1.82, 2.24) is 0 Å². The summed E-state index contributed by atoms with van der Waals surface area (Å²) >= 11 is 0. The third kappa shape index (κ3) is 3.02. The number of hydrogen-bond donors (Lipinski definition) is 1. The van der Waals surface area contributed by atoms with Crippen LogP contribution in [0.4, 0.5) is 5.69 Å². The van der Waals surface area contributed by atoms with Crippen molar-refractivity contribution >= 4 is 25.7 Å². The second kappa shape index (κ2) is 7.69. The van der Waals surface area contributed by atoms with E-state index in [1.807, 2.05) is 26.0 Å². The number of carbonyl (C=O) groups excluding carboxylic acids is 2. The molecule has 0 fully saturated rings. The molecular weight excluding hydrogens is 446 g/mol. The van der Waals surface area contributed by atoms with Gasteiger partial charge in [-0.05, 0) is 54.6 Å². The minimum Gasteiger partial charge on any atom is -0.509 e. The van der Waals surface area contributed by atoms with Gasteiger partial charge in [-0.15, -0.1) is 0 Å². The van der Waals surface area contributed by atoms with Gasteiger partial charge in [0.2, 0.25) is 0 Å². The molecule has 186 valence electrons. The summed E-state index contributed by atoms with van der Waals surface area (Å²) in [5, 5.41) is 11.2. The van der Waals surface area contributed by atoms with Gasteiger partial charge < -0.3 is 14.3 Å². The van der Waals surface area contributed by atoms with E-state index in [9.17, 15) is 14.7 Å². The summed E-state index contributed by atoms with van der Waals surface area (Å²) in [4.78, 5) is 29.2. The predicted molar refractivity (Wildman–Crippen MR) is 136 cm³/mol. The summed E-state index contributed by atoms with van der Waals surface area (Å²) in [6.07, 6.45) is 0.113. The number of benzene rings is 1. The molecule has 0 aromatic heterocycles. The molecule has 0 spiro atoms. The van der Waals surface area contributed by atoms with Gasteiger partial charge in [0.1, 0.15) is 11.5 Å². The van der Waals surface area contributed by atoms with Crippen molar-refractivity contribution < 1.29 is 23.9 Å². The van der Waals surface area contributed by atoms with Gasteiger partial charge in [0.25, 0.3) is 5.91 Å². The lowest BCUT2D eigenvalue weighted by atomic mass is 9.75. The Morgan fingerprint density at radius 2 is 1.79 bits per heavy atom. The van der Waals surface area contributed by atoms with Crippen LogP contribution >= 0.6 is 0 Å². The number of ketones is 1. The Morgan fingerprint density at radius 3 is 2.32 bits per heavy atom. The van der Waals surface area contributed by atoms with Gasteiger partial charge in [-0.25, -0.2) is 0 Å². The molecule has 0 radical (unpaired) electrons. The quantitative estimate of drug-likeness (QED) is 0.526. The Labute approximate surface area is 204 Å². The third-order valence-corrected chi connectivity index (χ3v) is 13.5. The number of Topliss-reactive ketones (excluding diaryl/α,β-unsaturated/α-hetero) is 1. The number of carbonyl (C=O) groups is 2. The Bertz CT molecular complexity index is 1100. The number of hydrogen-bond acceptors (Lipinski definition) is 5. The Kier molecular flexibility index (Phi) is 5.65. The standard InChI is InChI=1S/C27H39NO5Si/c1-11-27-23(29)15(3)20-14(2)22(33-34(9,10)26(5,6)7)18-12-17(32-8)13-19(21(18)20)28(27)25(31)16(4)24(27)30/h12-15,20,22,30H,11H2,1-10H3/t14-,15+,20+,22-,27+/m0/s1. The zero-order valence-electron chi connectivity index (χ0n) is 22.2. The van der Waals surface area contributed by atoms with Crippen molar-refractivity contribution in [1.29, 1.82) is 0 Å². The zero-order chi connectivity index (χ0) is 25.5. The number of aliphatic hydroxyl groups excluding tert-OH is 1. The highest BCUT2D eigenvalue weighted by Crippen LogP contribution is 2.61. The van der Waals surface area contributed by atoms with E-state index in [0.29, 0.717) is 17.9 Å². The summed E-state index contributed by atoms with van der Waals surface area (Å²) in [7, 11) is -0.527. The number of aliphatic hydroxyl groups is 1. The van der Waals surface area contributed by atoms with Crippen LogP contribution in [0.3, 0.4) is 0 Å². The summed E-state index contributed by atoms with van der Waals surface area (Å²) in [6.45, 7) is 18.7. The van der Waals surface area contributed by atoms with E-state index in [2.05, 4.69) is 40.8 Å². The lowest BCUT2D eigenvalue weighted by molar-refractivity contribution is -0.130. The second-order valence-electron chi connectivity index (χ2n) is 11.8. The van der Waals surface area contributed by atoms with E-state index in [1.165, 1.54) is 0 Å². The number of fused-ring (bicyclic) bond motifs is 2. The van der Waals surface area contributed by atoms with Crippen LogP contribution in [0.2, 0.25) is 18.1 Å². The highest BCUT2D eigenvalue weighted by atomic mass is 28.4. The van der Waals surface area contributed by atoms with Crippen LogP contribution in [0.25, 0.3) is 0 Å². The van der Waals surface area contributed by atoms with Crippen LogP contribution in [0.15, 0.2) is 23.5 Å². The lowest BCUT2D eigenvalue weighted by Gasteiger charge is -2.41. The zero-order valence-corrected chi connectivity index (χ0v) is 23.2. The van der Waals surface area contributed by atoms with Crippen LogP contribution in [-0.2, 0) is 14.0 Å². The smallest absolute Gasteiger partial charge is 0.258 e. The molecule has 1 aromatic rings. The third-order valence-electron chi connectivity index (χ3n) is 9.08. The monoisotopic (exact) mass is 485 g/mol. The Hall–Kier alpha value is -2.12. The highest BCUT2D eigenvalue weighted by Gasteiger charge is 2.62. The van der Waals surface area contributed by atoms with Crippen molar-refractivity contribution in [2.75, 3.05) is 12.0 Å². The fourth-order valence-electron chi connectivity index (χ4n) is 6.08. The van der Waals surface area contributed by atoms with Crippen LogP contribution in [0, 0.1) is 11.8 Å². The molecule has 4 rings (SSSR count). The van der Waals surface area contributed by atoms with Crippen molar-refractivity contribution in [3.05, 3.63) is 34.6 Å². The maximum Gasteiger partial charge on any atom is 0.258 e. The topological polar surface area (TPSA) is 76.1 Å². The number of methoxy groups -OCH3 is 1. The van der Waals surface area contributed by atoms with Gasteiger partial charge in [0, 0.05) is 17.9 Å². The normalized spacial score (nSPS) is 31.1. The van der Waals surface area contributed by atoms with Crippen LogP contribution in [-0.4, -0.2) is 37.8 Å². The molecule has 1 aromatic carbocycles. The Balaban J connectivity index is 2.01. The van der Waals surface area contributed by atoms with Gasteiger partial charge in [0.05, 0.1) is 24.5 Å². The summed E-state index contributed by atoms with van der Waals surface area (Å²) in [5.41, 5.74) is 1.52. The number of nitrogens with zero attached hydrogens (tertiary/aromatic N) is 1. The molecule has 34 heavy (non-hydrogen) atoms. The molecule has 5 atom stereocenters. The summed E-state index contributed by atoms with van der Waals surface area (Å²) in [5.74, 6) is -0.400. The molecule has 1 amide bonds. The average molecular weight is 486 g/mol. The maximum atomic E-state index is 14.1. The van der Waals surface area contributed by atoms with Gasteiger partial charge >= 0.3 is 0 Å². The minimum absolute atomic E-state index is 0.0281. The molecule has 0 saturated carbocycles. The molecule has 2 heterocycles. The van der Waals surface area contributed by atoms with Crippen molar-refractivity contribution in [3.8, 4) is 5.75 Å². The van der Waals surface area contributed by atoms with Crippen LogP contribution < -0.4 is 9.64 Å². The number of amides is 1. The van der Waals surface area contributed by atoms with Crippen molar-refractivity contribution in [3.63, 3.8) is 0 Å². The predicted octanol–water partition coefficient (Wildman–Crippen LogP) is 6.04. The highest BCUT2D eigenvalue weighted by molar-refractivity contribution is 6.74. The number of anilines is 1. The molecule has 6 nitrogen and oxygen atoms in total. The molecule has 3 aliphatic rings. The van der Waals surface area contributed by atoms with Crippen LogP contribution in [0.5, 0.6) is 5.75 Å². The average Bonchev–Trinajstić information content (AvgIpc) is 3.11. The van der Waals surface area contributed by atoms with E-state index < -0.39 is 13.9 Å². The van der Waals surface area contributed by atoms with Gasteiger partial charge in [0.15, 0.2) is 19.6 Å². The SMILES string of the molecule is CC[C@]12C(=O)[C@H](C)[C@@H]3c4c(cc(OC)cc4N1C(=O)C(C)=C2O)[C@@H](O[Si](C)(C)C(C)(C)C)[C@H]3C. The molecule has 7 heteroatoms. The maximum absolute atomic E-state index is 14.1. The first-order valence-electron chi connectivity index (χ1n) is 12.3. The molecule has 2 aliphatic heterocycles. The van der Waals surface area contributed by atoms with Gasteiger partial charge in [-0.1, -0.05) is 41.5 Å². The molecule has 1 aliphatic carbocycles. The number of ether oxygens (including phenoxy) is 1. The van der Waals surface area contributed by atoms with E-state index in [0.717, 1.165) is 11.1 Å². The molecule has 0 unspecified atom stereocenters. The van der Waals surface area contributed by atoms with E-state index in [-0.39, 0.29) is 51.9 Å². The number of rotatable bonds is 4. The first-order valence-corrected chi connectivity index (χ1v) is 15.2. The van der Waals surface area contributed by atoms with Crippen molar-refractivity contribution in [2.45, 2.75) is 90.6 Å². The molecule has 1 N–H and O–H groups in total. The largest absolute Gasteiger partial charge is 0.509 e. The van der Waals surface area contributed by atoms with Gasteiger partial charge in [-0.3, -0.25) is 14.5 Å². The van der Waals surface area contributed by atoms with E-state index >= 15 is 0 Å². The molecule has 0 bridgehead atoms. The summed E-state index contributed by atoms with van der Waals surface area (Å²) < 4.78 is 12.7. The Morgan fingerprint density at radius 1 is 1.18 bits per heavy atom. The van der Waals surface area contributed by atoms with E-state index in [1.54, 1.807) is 18.9 Å². The lowest BCUT2D eigenvalue weighted by Crippen LogP contribution is -2.55. The first-order chi connectivity index (χ1) is 15.7. The fourth-order valence-corrected chi connectivity index (χ4v) is 7.41. The fraction of sp³-hybridized carbons (Fsp3) is 0.630. The van der Waals surface area contributed by atoms with Gasteiger partial charge in [-0.2, -0.15) is 0 Å².